The normalized spacial score (nSPS) is 14.2. The molecule has 1 aliphatic carbocycles. The molecular weight excluding hydrogens is 240 g/mol. The van der Waals surface area contributed by atoms with Gasteiger partial charge in [0.15, 0.2) is 11.5 Å². The SMILES string of the molecule is Cc1nc(-n2cc3c(n2)CCC3)c2cnn(C)c2n1. The van der Waals surface area contributed by atoms with Crippen LogP contribution >= 0.6 is 0 Å². The van der Waals surface area contributed by atoms with Crippen LogP contribution in [-0.4, -0.2) is 29.5 Å². The molecule has 0 N–H and O–H groups in total. The van der Waals surface area contributed by atoms with Gasteiger partial charge in [0.25, 0.3) is 0 Å². The Labute approximate surface area is 110 Å². The summed E-state index contributed by atoms with van der Waals surface area (Å²) in [5, 5.41) is 9.85. The molecule has 0 aliphatic heterocycles. The van der Waals surface area contributed by atoms with E-state index in [4.69, 9.17) is 0 Å². The number of aryl methyl sites for hydroxylation is 4. The predicted molar refractivity (Wildman–Crippen MR) is 70.2 cm³/mol. The first-order chi connectivity index (χ1) is 9.22. The second-order valence-electron chi connectivity index (χ2n) is 5.00. The Hall–Kier alpha value is -2.24. The van der Waals surface area contributed by atoms with Crippen LogP contribution in [0.1, 0.15) is 23.5 Å². The third-order valence-electron chi connectivity index (χ3n) is 3.64. The van der Waals surface area contributed by atoms with Gasteiger partial charge in [-0.25, -0.2) is 14.6 Å². The standard InChI is InChI=1S/C13H14N6/c1-8-15-12-10(6-14-18(12)2)13(16-8)19-7-9-4-3-5-11(9)17-19/h6-7H,3-5H2,1-2H3. The van der Waals surface area contributed by atoms with Gasteiger partial charge in [-0.05, 0) is 31.7 Å². The van der Waals surface area contributed by atoms with Crippen molar-refractivity contribution in [3.8, 4) is 5.82 Å². The minimum absolute atomic E-state index is 0.738. The van der Waals surface area contributed by atoms with Gasteiger partial charge in [-0.3, -0.25) is 4.68 Å². The number of hydrogen-bond donors (Lipinski definition) is 0. The highest BCUT2D eigenvalue weighted by molar-refractivity contribution is 5.82. The Kier molecular flexibility index (Phi) is 2.04. The molecule has 0 radical (unpaired) electrons. The van der Waals surface area contributed by atoms with E-state index < -0.39 is 0 Å². The van der Waals surface area contributed by atoms with E-state index in [1.807, 2.05) is 18.7 Å². The van der Waals surface area contributed by atoms with Crippen molar-refractivity contribution in [3.05, 3.63) is 29.5 Å². The molecular formula is C13H14N6. The average molecular weight is 254 g/mol. The van der Waals surface area contributed by atoms with Crippen molar-refractivity contribution in [1.82, 2.24) is 29.5 Å². The van der Waals surface area contributed by atoms with Gasteiger partial charge < -0.3 is 0 Å². The van der Waals surface area contributed by atoms with Crippen LogP contribution in [0.25, 0.3) is 16.9 Å². The maximum Gasteiger partial charge on any atom is 0.168 e. The minimum atomic E-state index is 0.738. The third kappa shape index (κ3) is 1.49. The van der Waals surface area contributed by atoms with E-state index in [0.29, 0.717) is 0 Å². The van der Waals surface area contributed by atoms with Crippen LogP contribution in [0.4, 0.5) is 0 Å². The van der Waals surface area contributed by atoms with Crippen LogP contribution in [0, 0.1) is 6.92 Å². The highest BCUT2D eigenvalue weighted by atomic mass is 15.3. The lowest BCUT2D eigenvalue weighted by Gasteiger charge is -2.04. The van der Waals surface area contributed by atoms with Gasteiger partial charge in [0, 0.05) is 13.2 Å². The summed E-state index contributed by atoms with van der Waals surface area (Å²) in [6.07, 6.45) is 7.30. The second-order valence-corrected chi connectivity index (χ2v) is 5.00. The quantitative estimate of drug-likeness (QED) is 0.657. The first-order valence-corrected chi connectivity index (χ1v) is 6.46. The lowest BCUT2D eigenvalue weighted by molar-refractivity contribution is 0.772. The molecule has 1 aliphatic rings. The molecule has 0 amide bonds. The molecule has 0 aromatic carbocycles. The van der Waals surface area contributed by atoms with Gasteiger partial charge in [-0.1, -0.05) is 0 Å². The summed E-state index contributed by atoms with van der Waals surface area (Å²) in [4.78, 5) is 8.97. The average Bonchev–Trinajstić information content (AvgIpc) is 3.03. The van der Waals surface area contributed by atoms with E-state index in [0.717, 1.165) is 35.5 Å². The van der Waals surface area contributed by atoms with Gasteiger partial charge in [-0.15, -0.1) is 0 Å². The van der Waals surface area contributed by atoms with Crippen LogP contribution < -0.4 is 0 Å². The zero-order valence-corrected chi connectivity index (χ0v) is 11.0. The van der Waals surface area contributed by atoms with Gasteiger partial charge in [0.1, 0.15) is 5.82 Å². The Morgan fingerprint density at radius 2 is 2.11 bits per heavy atom. The predicted octanol–water partition coefficient (Wildman–Crippen LogP) is 1.35. The molecule has 0 atom stereocenters. The molecule has 3 heterocycles. The molecule has 19 heavy (non-hydrogen) atoms. The lowest BCUT2D eigenvalue weighted by Crippen LogP contribution is -2.04. The topological polar surface area (TPSA) is 61.4 Å². The van der Waals surface area contributed by atoms with Crippen LogP contribution in [0.5, 0.6) is 0 Å². The Morgan fingerprint density at radius 3 is 2.95 bits per heavy atom. The summed E-state index contributed by atoms with van der Waals surface area (Å²) in [6, 6.07) is 0. The van der Waals surface area contributed by atoms with Crippen molar-refractivity contribution in [2.45, 2.75) is 26.2 Å². The van der Waals surface area contributed by atoms with E-state index in [1.165, 1.54) is 17.7 Å². The highest BCUT2D eigenvalue weighted by Gasteiger charge is 2.18. The van der Waals surface area contributed by atoms with E-state index in [-0.39, 0.29) is 0 Å². The Balaban J connectivity index is 1.98. The number of fused-ring (bicyclic) bond motifs is 2. The molecule has 3 aromatic heterocycles. The van der Waals surface area contributed by atoms with Gasteiger partial charge in [-0.2, -0.15) is 10.2 Å². The number of rotatable bonds is 1. The first kappa shape index (κ1) is 10.7. The number of aromatic nitrogens is 6. The molecule has 96 valence electrons. The monoisotopic (exact) mass is 254 g/mol. The summed E-state index contributed by atoms with van der Waals surface area (Å²) in [5.74, 6) is 1.56. The molecule has 6 heteroatoms. The molecule has 0 saturated heterocycles. The first-order valence-electron chi connectivity index (χ1n) is 6.46. The highest BCUT2D eigenvalue weighted by Crippen LogP contribution is 2.24. The summed E-state index contributed by atoms with van der Waals surface area (Å²) in [7, 11) is 1.89. The number of hydrogen-bond acceptors (Lipinski definition) is 4. The van der Waals surface area contributed by atoms with Crippen molar-refractivity contribution in [1.29, 1.82) is 0 Å². The lowest BCUT2D eigenvalue weighted by atomic mass is 10.3. The molecule has 3 aromatic rings. The fourth-order valence-corrected chi connectivity index (χ4v) is 2.71. The van der Waals surface area contributed by atoms with E-state index in [1.54, 1.807) is 10.9 Å². The Morgan fingerprint density at radius 1 is 1.21 bits per heavy atom. The van der Waals surface area contributed by atoms with Crippen LogP contribution in [0.2, 0.25) is 0 Å². The second kappa shape index (κ2) is 3.63. The van der Waals surface area contributed by atoms with Crippen molar-refractivity contribution in [2.75, 3.05) is 0 Å². The molecule has 0 fully saturated rings. The van der Waals surface area contributed by atoms with Crippen LogP contribution in [-0.2, 0) is 19.9 Å². The molecule has 4 rings (SSSR count). The number of nitrogens with zero attached hydrogens (tertiary/aromatic N) is 6. The largest absolute Gasteiger partial charge is 0.250 e. The minimum Gasteiger partial charge on any atom is -0.250 e. The maximum absolute atomic E-state index is 4.65. The van der Waals surface area contributed by atoms with Crippen molar-refractivity contribution in [2.24, 2.45) is 7.05 Å². The van der Waals surface area contributed by atoms with Crippen LogP contribution in [0.3, 0.4) is 0 Å². The Bertz CT molecular complexity index is 760. The van der Waals surface area contributed by atoms with Crippen LogP contribution in [0.15, 0.2) is 12.4 Å². The van der Waals surface area contributed by atoms with E-state index in [9.17, 15) is 0 Å². The fraction of sp³-hybridized carbons (Fsp3) is 0.385. The van der Waals surface area contributed by atoms with Crippen molar-refractivity contribution < 1.29 is 0 Å². The maximum atomic E-state index is 4.65. The zero-order valence-electron chi connectivity index (χ0n) is 11.0. The fourth-order valence-electron chi connectivity index (χ4n) is 2.71. The van der Waals surface area contributed by atoms with Gasteiger partial charge in [0.05, 0.1) is 17.3 Å². The third-order valence-corrected chi connectivity index (χ3v) is 3.64. The summed E-state index contributed by atoms with van der Waals surface area (Å²) < 4.78 is 3.65. The zero-order chi connectivity index (χ0) is 13.0. The molecule has 0 spiro atoms. The van der Waals surface area contributed by atoms with Crippen molar-refractivity contribution >= 4 is 11.0 Å². The smallest absolute Gasteiger partial charge is 0.168 e. The molecule has 0 saturated carbocycles. The molecule has 0 bridgehead atoms. The van der Waals surface area contributed by atoms with E-state index >= 15 is 0 Å². The summed E-state index contributed by atoms with van der Waals surface area (Å²) in [5.41, 5.74) is 3.39. The van der Waals surface area contributed by atoms with Crippen molar-refractivity contribution in [3.63, 3.8) is 0 Å². The summed E-state index contributed by atoms with van der Waals surface area (Å²) >= 11 is 0. The molecule has 6 nitrogen and oxygen atoms in total. The summed E-state index contributed by atoms with van der Waals surface area (Å²) in [6.45, 7) is 1.90. The van der Waals surface area contributed by atoms with Gasteiger partial charge in [0.2, 0.25) is 0 Å². The molecule has 0 unspecified atom stereocenters. The van der Waals surface area contributed by atoms with Gasteiger partial charge >= 0.3 is 0 Å². The van der Waals surface area contributed by atoms with E-state index in [2.05, 4.69) is 26.4 Å².